The Morgan fingerprint density at radius 2 is 2.13 bits per heavy atom. The molecule has 1 atom stereocenters. The number of benzene rings is 1. The van der Waals surface area contributed by atoms with Crippen molar-refractivity contribution in [1.82, 2.24) is 0 Å². The van der Waals surface area contributed by atoms with Crippen molar-refractivity contribution in [3.05, 3.63) is 30.3 Å². The zero-order chi connectivity index (χ0) is 11.1. The predicted octanol–water partition coefficient (Wildman–Crippen LogP) is 2.27. The summed E-state index contributed by atoms with van der Waals surface area (Å²) < 4.78 is 4.99. The molecule has 0 aliphatic carbocycles. The van der Waals surface area contributed by atoms with E-state index in [1.807, 2.05) is 30.3 Å². The van der Waals surface area contributed by atoms with Crippen LogP contribution < -0.4 is 5.32 Å². The zero-order valence-electron chi connectivity index (χ0n) is 8.57. The summed E-state index contributed by atoms with van der Waals surface area (Å²) in [6.45, 7) is 1.90. The Labute approximate surface area is 94.4 Å². The minimum atomic E-state index is -0.310. The van der Waals surface area contributed by atoms with Gasteiger partial charge in [-0.3, -0.25) is 4.79 Å². The molecule has 0 saturated carbocycles. The molecule has 1 N–H and O–H groups in total. The first-order valence-electron chi connectivity index (χ1n) is 4.74. The van der Waals surface area contributed by atoms with Gasteiger partial charge < -0.3 is 10.1 Å². The molecule has 0 aromatic heterocycles. The fraction of sp³-hybridized carbons (Fsp3) is 0.364. The number of esters is 1. The van der Waals surface area contributed by atoms with Crippen LogP contribution in [0.25, 0.3) is 0 Å². The fourth-order valence-electron chi connectivity index (χ4n) is 1.15. The highest BCUT2D eigenvalue weighted by Gasteiger charge is 2.09. The van der Waals surface area contributed by atoms with Gasteiger partial charge in [0.15, 0.2) is 0 Å². The number of hydrogen-bond donors (Lipinski definition) is 1. The third-order valence-electron chi connectivity index (χ3n) is 1.81. The fourth-order valence-corrected chi connectivity index (χ4v) is 1.32. The average molecular weight is 228 g/mol. The van der Waals surface area contributed by atoms with Gasteiger partial charge in [-0.15, -0.1) is 11.6 Å². The predicted molar refractivity (Wildman–Crippen MR) is 61.2 cm³/mol. The van der Waals surface area contributed by atoms with E-state index >= 15 is 0 Å². The molecule has 82 valence electrons. The highest BCUT2D eigenvalue weighted by atomic mass is 35.5. The Bertz CT molecular complexity index is 303. The Morgan fingerprint density at radius 1 is 1.47 bits per heavy atom. The maximum absolute atomic E-state index is 10.7. The van der Waals surface area contributed by atoms with Gasteiger partial charge in [0.05, 0.1) is 12.4 Å². The SMILES string of the molecule is CC(=O)OC(CCl)CNc1ccccc1. The van der Waals surface area contributed by atoms with Crippen LogP contribution in [-0.2, 0) is 9.53 Å². The van der Waals surface area contributed by atoms with E-state index in [1.165, 1.54) is 6.92 Å². The lowest BCUT2D eigenvalue weighted by Crippen LogP contribution is -2.26. The second kappa shape index (κ2) is 6.30. The molecule has 0 bridgehead atoms. The Kier molecular flexibility index (Phi) is 4.98. The number of ether oxygens (including phenoxy) is 1. The molecule has 1 unspecified atom stereocenters. The van der Waals surface area contributed by atoms with Gasteiger partial charge in [0.25, 0.3) is 0 Å². The van der Waals surface area contributed by atoms with Gasteiger partial charge in [0, 0.05) is 12.6 Å². The Hall–Kier alpha value is -1.22. The largest absolute Gasteiger partial charge is 0.459 e. The average Bonchev–Trinajstić information content (AvgIpc) is 2.25. The maximum atomic E-state index is 10.7. The number of nitrogens with one attached hydrogen (secondary N) is 1. The van der Waals surface area contributed by atoms with E-state index in [1.54, 1.807) is 0 Å². The van der Waals surface area contributed by atoms with Crippen molar-refractivity contribution in [3.63, 3.8) is 0 Å². The normalized spacial score (nSPS) is 11.9. The van der Waals surface area contributed by atoms with E-state index in [0.29, 0.717) is 12.4 Å². The molecule has 1 aromatic rings. The van der Waals surface area contributed by atoms with Gasteiger partial charge in [-0.25, -0.2) is 0 Å². The third-order valence-corrected chi connectivity index (χ3v) is 2.16. The Balaban J connectivity index is 2.37. The van der Waals surface area contributed by atoms with E-state index in [0.717, 1.165) is 5.69 Å². The molecular weight excluding hydrogens is 214 g/mol. The molecule has 1 rings (SSSR count). The van der Waals surface area contributed by atoms with Crippen molar-refractivity contribution < 1.29 is 9.53 Å². The third kappa shape index (κ3) is 4.70. The topological polar surface area (TPSA) is 38.3 Å². The van der Waals surface area contributed by atoms with Crippen LogP contribution in [0, 0.1) is 0 Å². The summed E-state index contributed by atoms with van der Waals surface area (Å²) in [6, 6.07) is 9.70. The molecule has 15 heavy (non-hydrogen) atoms. The molecule has 0 radical (unpaired) electrons. The molecule has 4 heteroatoms. The zero-order valence-corrected chi connectivity index (χ0v) is 9.33. The van der Waals surface area contributed by atoms with Crippen molar-refractivity contribution in [1.29, 1.82) is 0 Å². The maximum Gasteiger partial charge on any atom is 0.303 e. The van der Waals surface area contributed by atoms with Gasteiger partial charge in [-0.05, 0) is 12.1 Å². The second-order valence-corrected chi connectivity index (χ2v) is 3.44. The number of para-hydroxylation sites is 1. The second-order valence-electron chi connectivity index (χ2n) is 3.13. The molecule has 0 heterocycles. The van der Waals surface area contributed by atoms with Gasteiger partial charge in [0.2, 0.25) is 0 Å². The van der Waals surface area contributed by atoms with Crippen molar-refractivity contribution in [2.24, 2.45) is 0 Å². The molecule has 1 aromatic carbocycles. The summed E-state index contributed by atoms with van der Waals surface area (Å²) in [4.78, 5) is 10.7. The highest BCUT2D eigenvalue weighted by molar-refractivity contribution is 6.18. The summed E-state index contributed by atoms with van der Waals surface area (Å²) in [6.07, 6.45) is -0.288. The van der Waals surface area contributed by atoms with E-state index in [-0.39, 0.29) is 12.1 Å². The molecule has 0 spiro atoms. The minimum Gasteiger partial charge on any atom is -0.459 e. The molecular formula is C11H14ClNO2. The number of carbonyl (C=O) groups excluding carboxylic acids is 1. The first-order valence-corrected chi connectivity index (χ1v) is 5.28. The molecule has 0 aliphatic rings. The first kappa shape index (κ1) is 11.9. The van der Waals surface area contributed by atoms with Crippen LogP contribution in [0.5, 0.6) is 0 Å². The summed E-state index contributed by atoms with van der Waals surface area (Å²) in [7, 11) is 0. The molecule has 0 amide bonds. The standard InChI is InChI=1S/C11H14ClNO2/c1-9(14)15-11(7-12)8-13-10-5-3-2-4-6-10/h2-6,11,13H,7-8H2,1H3. The molecule has 0 saturated heterocycles. The van der Waals surface area contributed by atoms with Crippen molar-refractivity contribution >= 4 is 23.3 Å². The van der Waals surface area contributed by atoms with Crippen LogP contribution in [0.15, 0.2) is 30.3 Å². The molecule has 0 aliphatic heterocycles. The lowest BCUT2D eigenvalue weighted by molar-refractivity contribution is -0.144. The van der Waals surface area contributed by atoms with E-state index < -0.39 is 0 Å². The van der Waals surface area contributed by atoms with Crippen LogP contribution in [0.4, 0.5) is 5.69 Å². The van der Waals surface area contributed by atoms with Gasteiger partial charge >= 0.3 is 5.97 Å². The van der Waals surface area contributed by atoms with Gasteiger partial charge in [-0.2, -0.15) is 0 Å². The summed E-state index contributed by atoms with van der Waals surface area (Å²) >= 11 is 5.66. The van der Waals surface area contributed by atoms with E-state index in [2.05, 4.69) is 5.32 Å². The van der Waals surface area contributed by atoms with Crippen LogP contribution in [0.3, 0.4) is 0 Å². The van der Waals surface area contributed by atoms with Crippen LogP contribution in [0.2, 0.25) is 0 Å². The minimum absolute atomic E-state index is 0.288. The monoisotopic (exact) mass is 227 g/mol. The lowest BCUT2D eigenvalue weighted by Gasteiger charge is -2.15. The summed E-state index contributed by atoms with van der Waals surface area (Å²) in [5, 5.41) is 3.14. The van der Waals surface area contributed by atoms with Crippen LogP contribution >= 0.6 is 11.6 Å². The first-order chi connectivity index (χ1) is 7.22. The van der Waals surface area contributed by atoms with E-state index in [4.69, 9.17) is 16.3 Å². The van der Waals surface area contributed by atoms with Crippen LogP contribution in [0.1, 0.15) is 6.92 Å². The van der Waals surface area contributed by atoms with Crippen molar-refractivity contribution in [2.45, 2.75) is 13.0 Å². The van der Waals surface area contributed by atoms with Gasteiger partial charge in [0.1, 0.15) is 6.10 Å². The van der Waals surface area contributed by atoms with Crippen LogP contribution in [-0.4, -0.2) is 24.5 Å². The van der Waals surface area contributed by atoms with E-state index in [9.17, 15) is 4.79 Å². The molecule has 0 fully saturated rings. The quantitative estimate of drug-likeness (QED) is 0.620. The number of halogens is 1. The molecule has 3 nitrogen and oxygen atoms in total. The number of hydrogen-bond acceptors (Lipinski definition) is 3. The summed E-state index contributed by atoms with van der Waals surface area (Å²) in [5.41, 5.74) is 0.986. The number of rotatable bonds is 5. The highest BCUT2D eigenvalue weighted by Crippen LogP contribution is 2.06. The lowest BCUT2D eigenvalue weighted by atomic mass is 10.3. The Morgan fingerprint density at radius 3 is 2.67 bits per heavy atom. The number of carbonyl (C=O) groups is 1. The van der Waals surface area contributed by atoms with Crippen molar-refractivity contribution in [2.75, 3.05) is 17.7 Å². The number of alkyl halides is 1. The number of anilines is 1. The van der Waals surface area contributed by atoms with Gasteiger partial charge in [-0.1, -0.05) is 18.2 Å². The smallest absolute Gasteiger partial charge is 0.303 e. The van der Waals surface area contributed by atoms with Crippen molar-refractivity contribution in [3.8, 4) is 0 Å². The summed E-state index contributed by atoms with van der Waals surface area (Å²) in [5.74, 6) is -0.0186.